The number of benzene rings is 2. The van der Waals surface area contributed by atoms with Gasteiger partial charge in [0.15, 0.2) is 0 Å². The number of anilines is 1. The number of hydrogen-bond acceptors (Lipinski definition) is 3. The highest BCUT2D eigenvalue weighted by Crippen LogP contribution is 2.19. The van der Waals surface area contributed by atoms with Crippen LogP contribution in [-0.4, -0.2) is 48.3 Å². The predicted octanol–water partition coefficient (Wildman–Crippen LogP) is 2.86. The van der Waals surface area contributed by atoms with Crippen LogP contribution in [0.3, 0.4) is 0 Å². The van der Waals surface area contributed by atoms with E-state index in [2.05, 4.69) is 27.7 Å². The van der Waals surface area contributed by atoms with E-state index < -0.39 is 0 Å². The van der Waals surface area contributed by atoms with Crippen LogP contribution in [0.5, 0.6) is 0 Å². The van der Waals surface area contributed by atoms with E-state index in [0.29, 0.717) is 6.54 Å². The fourth-order valence-corrected chi connectivity index (χ4v) is 3.25. The first-order valence-electron chi connectivity index (χ1n) is 9.28. The number of amides is 2. The van der Waals surface area contributed by atoms with E-state index in [1.165, 1.54) is 5.56 Å². The first-order chi connectivity index (χ1) is 12.7. The number of para-hydroxylation sites is 1. The molecule has 3 rings (SSSR count). The number of aliphatic hydroxyl groups is 1. The van der Waals surface area contributed by atoms with E-state index >= 15 is 0 Å². The molecule has 0 saturated carbocycles. The number of urea groups is 1. The number of nitrogens with one attached hydrogen (secondary N) is 2. The number of piperidine rings is 1. The number of likely N-dealkylation sites (tertiary alicyclic amines) is 1. The van der Waals surface area contributed by atoms with E-state index in [-0.39, 0.29) is 12.1 Å². The lowest BCUT2D eigenvalue weighted by Gasteiger charge is -2.29. The Morgan fingerprint density at radius 1 is 1.04 bits per heavy atom. The zero-order chi connectivity index (χ0) is 18.2. The summed E-state index contributed by atoms with van der Waals surface area (Å²) in [4.78, 5) is 14.5. The molecule has 1 saturated heterocycles. The third-order valence-electron chi connectivity index (χ3n) is 4.77. The van der Waals surface area contributed by atoms with E-state index in [4.69, 9.17) is 0 Å². The zero-order valence-electron chi connectivity index (χ0n) is 15.0. The van der Waals surface area contributed by atoms with Gasteiger partial charge in [-0.2, -0.15) is 0 Å². The first kappa shape index (κ1) is 18.4. The molecule has 1 aliphatic heterocycles. The van der Waals surface area contributed by atoms with Crippen molar-refractivity contribution in [3.63, 3.8) is 0 Å². The molecule has 0 spiro atoms. The van der Waals surface area contributed by atoms with Crippen molar-refractivity contribution in [3.8, 4) is 0 Å². The smallest absolute Gasteiger partial charge is 0.319 e. The van der Waals surface area contributed by atoms with Crippen LogP contribution in [0.15, 0.2) is 54.6 Å². The molecule has 0 bridgehead atoms. The molecule has 1 aliphatic rings. The van der Waals surface area contributed by atoms with Gasteiger partial charge in [0.2, 0.25) is 0 Å². The Morgan fingerprint density at radius 3 is 2.50 bits per heavy atom. The van der Waals surface area contributed by atoms with Gasteiger partial charge in [-0.1, -0.05) is 48.5 Å². The average molecular weight is 353 g/mol. The van der Waals surface area contributed by atoms with Crippen molar-refractivity contribution in [2.75, 3.05) is 31.5 Å². The van der Waals surface area contributed by atoms with Crippen molar-refractivity contribution in [2.45, 2.75) is 25.4 Å². The normalized spacial score (nSPS) is 15.6. The maximum absolute atomic E-state index is 12.2. The third-order valence-corrected chi connectivity index (χ3v) is 4.77. The summed E-state index contributed by atoms with van der Waals surface area (Å²) in [5.41, 5.74) is 3.16. The minimum Gasteiger partial charge on any atom is -0.393 e. The second kappa shape index (κ2) is 9.36. The molecule has 0 unspecified atom stereocenters. The maximum Gasteiger partial charge on any atom is 0.319 e. The minimum atomic E-state index is -0.178. The molecule has 5 nitrogen and oxygen atoms in total. The summed E-state index contributed by atoms with van der Waals surface area (Å²) in [6.45, 7) is 3.20. The van der Waals surface area contributed by atoms with Crippen LogP contribution in [0.4, 0.5) is 10.5 Å². The van der Waals surface area contributed by atoms with Gasteiger partial charge in [-0.25, -0.2) is 4.79 Å². The number of nitrogens with zero attached hydrogens (tertiary/aromatic N) is 1. The van der Waals surface area contributed by atoms with E-state index in [1.807, 2.05) is 42.5 Å². The lowest BCUT2D eigenvalue weighted by molar-refractivity contribution is 0.0833. The van der Waals surface area contributed by atoms with Gasteiger partial charge >= 0.3 is 6.03 Å². The fourth-order valence-electron chi connectivity index (χ4n) is 3.25. The highest BCUT2D eigenvalue weighted by Gasteiger charge is 2.16. The molecule has 0 aromatic heterocycles. The van der Waals surface area contributed by atoms with Crippen LogP contribution < -0.4 is 10.6 Å². The summed E-state index contributed by atoms with van der Waals surface area (Å²) in [6, 6.07) is 18.0. The van der Waals surface area contributed by atoms with Gasteiger partial charge in [0.25, 0.3) is 0 Å². The largest absolute Gasteiger partial charge is 0.393 e. The lowest BCUT2D eigenvalue weighted by Crippen LogP contribution is -2.41. The molecule has 2 amide bonds. The SMILES string of the molecule is O=C(NCCN1CCC(O)CC1)Nc1ccccc1Cc1ccccc1. The average Bonchev–Trinajstić information content (AvgIpc) is 2.66. The van der Waals surface area contributed by atoms with Crippen LogP contribution in [0, 0.1) is 0 Å². The third kappa shape index (κ3) is 5.58. The van der Waals surface area contributed by atoms with Crippen LogP contribution >= 0.6 is 0 Å². The first-order valence-corrected chi connectivity index (χ1v) is 9.28. The lowest BCUT2D eigenvalue weighted by atomic mass is 10.0. The van der Waals surface area contributed by atoms with Crippen molar-refractivity contribution in [3.05, 3.63) is 65.7 Å². The van der Waals surface area contributed by atoms with Crippen molar-refractivity contribution < 1.29 is 9.90 Å². The molecule has 0 radical (unpaired) electrons. The zero-order valence-corrected chi connectivity index (χ0v) is 15.0. The highest BCUT2D eigenvalue weighted by molar-refractivity contribution is 5.90. The Bertz CT molecular complexity index is 697. The molecule has 3 N–H and O–H groups in total. The van der Waals surface area contributed by atoms with Crippen LogP contribution in [0.1, 0.15) is 24.0 Å². The van der Waals surface area contributed by atoms with Gasteiger partial charge in [0.1, 0.15) is 0 Å². The molecule has 1 fully saturated rings. The molecule has 5 heteroatoms. The number of aliphatic hydroxyl groups excluding tert-OH is 1. The van der Waals surface area contributed by atoms with Crippen LogP contribution in [0.25, 0.3) is 0 Å². The molecular formula is C21H27N3O2. The monoisotopic (exact) mass is 353 g/mol. The van der Waals surface area contributed by atoms with Gasteiger partial charge in [-0.05, 0) is 36.5 Å². The standard InChI is InChI=1S/C21H27N3O2/c25-19-10-13-24(14-11-19)15-12-22-21(26)23-20-9-5-4-8-18(20)16-17-6-2-1-3-7-17/h1-9,19,25H,10-16H2,(H2,22,23,26). The molecule has 26 heavy (non-hydrogen) atoms. The number of hydrogen-bond donors (Lipinski definition) is 3. The summed E-state index contributed by atoms with van der Waals surface area (Å²) in [5.74, 6) is 0. The molecule has 1 heterocycles. The summed E-state index contributed by atoms with van der Waals surface area (Å²) >= 11 is 0. The van der Waals surface area contributed by atoms with Gasteiger partial charge in [0.05, 0.1) is 6.10 Å². The Labute approximate surface area is 155 Å². The van der Waals surface area contributed by atoms with Crippen LogP contribution in [0.2, 0.25) is 0 Å². The summed E-state index contributed by atoms with van der Waals surface area (Å²) in [7, 11) is 0. The van der Waals surface area contributed by atoms with E-state index in [1.54, 1.807) is 0 Å². The van der Waals surface area contributed by atoms with Gasteiger partial charge < -0.3 is 20.6 Å². The van der Waals surface area contributed by atoms with Crippen molar-refractivity contribution in [1.82, 2.24) is 10.2 Å². The Balaban J connectivity index is 1.48. The van der Waals surface area contributed by atoms with Gasteiger partial charge in [-0.3, -0.25) is 0 Å². The number of rotatable bonds is 6. The summed E-state index contributed by atoms with van der Waals surface area (Å²) in [5, 5.41) is 15.4. The molecular weight excluding hydrogens is 326 g/mol. The second-order valence-electron chi connectivity index (χ2n) is 6.77. The van der Waals surface area contributed by atoms with Crippen molar-refractivity contribution >= 4 is 11.7 Å². The molecule has 2 aromatic rings. The second-order valence-corrected chi connectivity index (χ2v) is 6.77. The highest BCUT2D eigenvalue weighted by atomic mass is 16.3. The Kier molecular flexibility index (Phi) is 6.63. The van der Waals surface area contributed by atoms with Gasteiger partial charge in [-0.15, -0.1) is 0 Å². The van der Waals surface area contributed by atoms with Crippen molar-refractivity contribution in [1.29, 1.82) is 0 Å². The van der Waals surface area contributed by atoms with Crippen molar-refractivity contribution in [2.24, 2.45) is 0 Å². The van der Waals surface area contributed by atoms with E-state index in [0.717, 1.165) is 50.1 Å². The number of carbonyl (C=O) groups excluding carboxylic acids is 1. The molecule has 2 aromatic carbocycles. The minimum absolute atomic E-state index is 0.163. The fraction of sp³-hybridized carbons (Fsp3) is 0.381. The molecule has 0 atom stereocenters. The summed E-state index contributed by atoms with van der Waals surface area (Å²) < 4.78 is 0. The Hall–Kier alpha value is -2.37. The van der Waals surface area contributed by atoms with Crippen LogP contribution in [-0.2, 0) is 6.42 Å². The number of carbonyl (C=O) groups is 1. The summed E-state index contributed by atoms with van der Waals surface area (Å²) in [6.07, 6.45) is 2.26. The molecule has 0 aliphatic carbocycles. The van der Waals surface area contributed by atoms with E-state index in [9.17, 15) is 9.90 Å². The Morgan fingerprint density at radius 2 is 1.73 bits per heavy atom. The van der Waals surface area contributed by atoms with Gasteiger partial charge in [0, 0.05) is 31.9 Å². The topological polar surface area (TPSA) is 64.6 Å². The molecule has 138 valence electrons. The maximum atomic E-state index is 12.2. The predicted molar refractivity (Wildman–Crippen MR) is 104 cm³/mol. The quantitative estimate of drug-likeness (QED) is 0.748.